The van der Waals surface area contributed by atoms with Crippen LogP contribution in [0.1, 0.15) is 44.4 Å². The van der Waals surface area contributed by atoms with Gasteiger partial charge in [-0.1, -0.05) is 45.0 Å². The lowest BCUT2D eigenvalue weighted by molar-refractivity contribution is -0.120. The molecule has 2 aromatic carbocycles. The van der Waals surface area contributed by atoms with Crippen molar-refractivity contribution in [1.82, 2.24) is 0 Å². The topological polar surface area (TPSA) is 49.4 Å². The van der Waals surface area contributed by atoms with Gasteiger partial charge in [0.2, 0.25) is 11.8 Å². The standard InChI is InChI=1S/C22H28N2O2/c1-15-11-16(2)13-18(12-15)24(17(3)25)14-21(26)23-20-10-8-7-9-19(20)22(4,5)6/h7-13H,14H2,1-6H3,(H,23,26). The van der Waals surface area contributed by atoms with Gasteiger partial charge in [0, 0.05) is 18.3 Å². The number of amides is 2. The summed E-state index contributed by atoms with van der Waals surface area (Å²) < 4.78 is 0. The van der Waals surface area contributed by atoms with Gasteiger partial charge < -0.3 is 10.2 Å². The Balaban J connectivity index is 2.23. The van der Waals surface area contributed by atoms with Gasteiger partial charge >= 0.3 is 0 Å². The zero-order chi connectivity index (χ0) is 19.5. The van der Waals surface area contributed by atoms with Gasteiger partial charge in [0.25, 0.3) is 0 Å². The Labute approximate surface area is 156 Å². The van der Waals surface area contributed by atoms with Crippen molar-refractivity contribution >= 4 is 23.2 Å². The zero-order valence-electron chi connectivity index (χ0n) is 16.5. The number of para-hydroxylation sites is 1. The molecule has 0 aliphatic carbocycles. The highest BCUT2D eigenvalue weighted by Gasteiger charge is 2.21. The maximum absolute atomic E-state index is 12.6. The number of rotatable bonds is 4. The van der Waals surface area contributed by atoms with Gasteiger partial charge in [-0.2, -0.15) is 0 Å². The lowest BCUT2D eigenvalue weighted by atomic mass is 9.86. The lowest BCUT2D eigenvalue weighted by Crippen LogP contribution is -2.37. The van der Waals surface area contributed by atoms with Gasteiger partial charge in [0.15, 0.2) is 0 Å². The molecule has 2 amide bonds. The van der Waals surface area contributed by atoms with Crippen LogP contribution in [0.4, 0.5) is 11.4 Å². The van der Waals surface area contributed by atoms with Crippen molar-refractivity contribution in [2.24, 2.45) is 0 Å². The Morgan fingerprint density at radius 3 is 2.12 bits per heavy atom. The molecule has 1 N–H and O–H groups in total. The minimum atomic E-state index is -0.212. The third-order valence-corrected chi connectivity index (χ3v) is 4.21. The smallest absolute Gasteiger partial charge is 0.244 e. The van der Waals surface area contributed by atoms with Gasteiger partial charge in [-0.3, -0.25) is 9.59 Å². The Hall–Kier alpha value is -2.62. The third-order valence-electron chi connectivity index (χ3n) is 4.21. The molecule has 138 valence electrons. The van der Waals surface area contributed by atoms with Crippen molar-refractivity contribution in [3.63, 3.8) is 0 Å². The van der Waals surface area contributed by atoms with E-state index in [0.29, 0.717) is 0 Å². The fraction of sp³-hybridized carbons (Fsp3) is 0.364. The molecule has 2 rings (SSSR count). The number of hydrogen-bond donors (Lipinski definition) is 1. The van der Waals surface area contributed by atoms with Crippen molar-refractivity contribution < 1.29 is 9.59 Å². The van der Waals surface area contributed by atoms with Crippen molar-refractivity contribution in [2.45, 2.75) is 47.0 Å². The molecule has 2 aromatic rings. The Morgan fingerprint density at radius 2 is 1.58 bits per heavy atom. The predicted molar refractivity (Wildman–Crippen MR) is 108 cm³/mol. The molecule has 0 unspecified atom stereocenters. The van der Waals surface area contributed by atoms with Gasteiger partial charge in [0.1, 0.15) is 6.54 Å². The highest BCUT2D eigenvalue weighted by atomic mass is 16.2. The molecule has 0 radical (unpaired) electrons. The number of benzene rings is 2. The van der Waals surface area contributed by atoms with Gasteiger partial charge in [-0.25, -0.2) is 0 Å². The van der Waals surface area contributed by atoms with Crippen molar-refractivity contribution in [2.75, 3.05) is 16.8 Å². The number of hydrogen-bond acceptors (Lipinski definition) is 2. The first-order valence-electron chi connectivity index (χ1n) is 8.83. The van der Waals surface area contributed by atoms with E-state index in [0.717, 1.165) is 28.1 Å². The average Bonchev–Trinajstić information content (AvgIpc) is 2.50. The minimum Gasteiger partial charge on any atom is -0.324 e. The van der Waals surface area contributed by atoms with Crippen molar-refractivity contribution in [3.05, 3.63) is 59.2 Å². The van der Waals surface area contributed by atoms with E-state index in [1.165, 1.54) is 11.8 Å². The number of nitrogens with zero attached hydrogens (tertiary/aromatic N) is 1. The summed E-state index contributed by atoms with van der Waals surface area (Å²) in [6.45, 7) is 11.7. The Morgan fingerprint density at radius 1 is 1.00 bits per heavy atom. The fourth-order valence-corrected chi connectivity index (χ4v) is 3.07. The second-order valence-electron chi connectivity index (χ2n) is 7.79. The van der Waals surface area contributed by atoms with Gasteiger partial charge in [-0.15, -0.1) is 0 Å². The lowest BCUT2D eigenvalue weighted by Gasteiger charge is -2.25. The van der Waals surface area contributed by atoms with E-state index in [2.05, 4.69) is 26.1 Å². The monoisotopic (exact) mass is 352 g/mol. The highest BCUT2D eigenvalue weighted by molar-refractivity contribution is 6.02. The molecular formula is C22H28N2O2. The molecule has 0 spiro atoms. The zero-order valence-corrected chi connectivity index (χ0v) is 16.5. The second-order valence-corrected chi connectivity index (χ2v) is 7.79. The summed E-state index contributed by atoms with van der Waals surface area (Å²) in [6.07, 6.45) is 0. The van der Waals surface area contributed by atoms with Crippen LogP contribution in [0.25, 0.3) is 0 Å². The molecule has 26 heavy (non-hydrogen) atoms. The Kier molecular flexibility index (Phi) is 5.86. The van der Waals surface area contributed by atoms with Crippen molar-refractivity contribution in [1.29, 1.82) is 0 Å². The average molecular weight is 352 g/mol. The number of carbonyl (C=O) groups is 2. The molecule has 0 aliphatic heterocycles. The van der Waals surface area contributed by atoms with Crippen LogP contribution in [-0.2, 0) is 15.0 Å². The number of nitrogens with one attached hydrogen (secondary N) is 1. The molecule has 0 aliphatic rings. The molecule has 0 heterocycles. The van der Waals surface area contributed by atoms with Crippen LogP contribution < -0.4 is 10.2 Å². The first-order chi connectivity index (χ1) is 12.1. The van der Waals surface area contributed by atoms with Gasteiger partial charge in [0.05, 0.1) is 0 Å². The predicted octanol–water partition coefficient (Wildman–Crippen LogP) is 4.59. The summed E-state index contributed by atoms with van der Waals surface area (Å²) in [6, 6.07) is 13.7. The van der Waals surface area contributed by atoms with E-state index in [1.54, 1.807) is 0 Å². The van der Waals surface area contributed by atoms with Gasteiger partial charge in [-0.05, 0) is 54.2 Å². The van der Waals surface area contributed by atoms with Crippen LogP contribution in [0.5, 0.6) is 0 Å². The summed E-state index contributed by atoms with van der Waals surface area (Å²) in [5, 5.41) is 2.97. The largest absolute Gasteiger partial charge is 0.324 e. The first kappa shape index (κ1) is 19.7. The molecular weight excluding hydrogens is 324 g/mol. The second kappa shape index (κ2) is 7.73. The normalized spacial score (nSPS) is 11.2. The van der Waals surface area contributed by atoms with Crippen molar-refractivity contribution in [3.8, 4) is 0 Å². The summed E-state index contributed by atoms with van der Waals surface area (Å²) in [4.78, 5) is 26.3. The minimum absolute atomic E-state index is 0.0172. The van der Waals surface area contributed by atoms with Crippen LogP contribution in [0, 0.1) is 13.8 Å². The summed E-state index contributed by atoms with van der Waals surface area (Å²) in [5.74, 6) is -0.370. The van der Waals surface area contributed by atoms with Crippen LogP contribution in [0.3, 0.4) is 0 Å². The van der Waals surface area contributed by atoms with Crippen LogP contribution in [0.15, 0.2) is 42.5 Å². The quantitative estimate of drug-likeness (QED) is 0.875. The van der Waals surface area contributed by atoms with Crippen LogP contribution in [0.2, 0.25) is 0 Å². The van der Waals surface area contributed by atoms with E-state index < -0.39 is 0 Å². The van der Waals surface area contributed by atoms with E-state index >= 15 is 0 Å². The fourth-order valence-electron chi connectivity index (χ4n) is 3.07. The molecule has 0 saturated carbocycles. The first-order valence-corrected chi connectivity index (χ1v) is 8.83. The van der Waals surface area contributed by atoms with Crippen LogP contribution >= 0.6 is 0 Å². The maximum atomic E-state index is 12.6. The van der Waals surface area contributed by atoms with E-state index in [-0.39, 0.29) is 23.8 Å². The highest BCUT2D eigenvalue weighted by Crippen LogP contribution is 2.29. The maximum Gasteiger partial charge on any atom is 0.244 e. The summed E-state index contributed by atoms with van der Waals surface area (Å²) in [5.41, 5.74) is 4.63. The molecule has 4 nitrogen and oxygen atoms in total. The Bertz CT molecular complexity index is 799. The third kappa shape index (κ3) is 4.94. The molecule has 0 fully saturated rings. The molecule has 0 bridgehead atoms. The van der Waals surface area contributed by atoms with Crippen LogP contribution in [-0.4, -0.2) is 18.4 Å². The molecule has 0 atom stereocenters. The van der Waals surface area contributed by atoms with E-state index in [4.69, 9.17) is 0 Å². The number of aryl methyl sites for hydroxylation is 2. The van der Waals surface area contributed by atoms with E-state index in [9.17, 15) is 9.59 Å². The molecule has 0 saturated heterocycles. The molecule has 4 heteroatoms. The number of anilines is 2. The SMILES string of the molecule is CC(=O)N(CC(=O)Nc1ccccc1C(C)(C)C)c1cc(C)cc(C)c1. The summed E-state index contributed by atoms with van der Waals surface area (Å²) in [7, 11) is 0. The summed E-state index contributed by atoms with van der Waals surface area (Å²) >= 11 is 0. The van der Waals surface area contributed by atoms with E-state index in [1.807, 2.05) is 56.3 Å². The molecule has 0 aromatic heterocycles. The number of carbonyl (C=O) groups excluding carboxylic acids is 2.